The molecule has 2 atom stereocenters. The lowest BCUT2D eigenvalue weighted by molar-refractivity contribution is -0.123. The average molecular weight is 436 g/mol. The fraction of sp³-hybridized carbons (Fsp3) is 0.435. The Balaban J connectivity index is 0.00000150. The quantitative estimate of drug-likeness (QED) is 0.760. The lowest BCUT2D eigenvalue weighted by Crippen LogP contribution is -2.44. The van der Waals surface area contributed by atoms with Gasteiger partial charge in [0.25, 0.3) is 0 Å². The highest BCUT2D eigenvalue weighted by Crippen LogP contribution is 2.35. The summed E-state index contributed by atoms with van der Waals surface area (Å²) in [6, 6.07) is 19.4. The van der Waals surface area contributed by atoms with E-state index in [2.05, 4.69) is 76.6 Å². The summed E-state index contributed by atoms with van der Waals surface area (Å²) >= 11 is 0. The smallest absolute Gasteiger partial charge is 0.230 e. The summed E-state index contributed by atoms with van der Waals surface area (Å²) in [5.41, 5.74) is 3.55. The van der Waals surface area contributed by atoms with Crippen molar-refractivity contribution in [3.8, 4) is 0 Å². The SMILES string of the molecule is C[C@H]1C[C@@H](C(=O)N2CCCN(Cc3ccccc3)c3ccccc32)CCN1.Cl.Cl. The molecule has 2 aromatic rings. The molecule has 2 heterocycles. The maximum Gasteiger partial charge on any atom is 0.230 e. The van der Waals surface area contributed by atoms with Crippen molar-refractivity contribution in [2.24, 2.45) is 5.92 Å². The van der Waals surface area contributed by atoms with Gasteiger partial charge in [0.15, 0.2) is 0 Å². The summed E-state index contributed by atoms with van der Waals surface area (Å²) in [5.74, 6) is 0.437. The number of amides is 1. The molecule has 0 unspecified atom stereocenters. The van der Waals surface area contributed by atoms with Crippen LogP contribution in [0, 0.1) is 5.92 Å². The highest BCUT2D eigenvalue weighted by atomic mass is 35.5. The number of benzene rings is 2. The van der Waals surface area contributed by atoms with E-state index in [0.717, 1.165) is 51.1 Å². The van der Waals surface area contributed by atoms with Gasteiger partial charge in [-0.25, -0.2) is 0 Å². The second-order valence-electron chi connectivity index (χ2n) is 7.82. The Morgan fingerprint density at radius 1 is 1.00 bits per heavy atom. The number of para-hydroxylation sites is 2. The maximum absolute atomic E-state index is 13.4. The van der Waals surface area contributed by atoms with Crippen LogP contribution < -0.4 is 15.1 Å². The lowest BCUT2D eigenvalue weighted by Gasteiger charge is -2.32. The fourth-order valence-corrected chi connectivity index (χ4v) is 4.39. The van der Waals surface area contributed by atoms with Crippen LogP contribution in [0.1, 0.15) is 31.7 Å². The van der Waals surface area contributed by atoms with Crippen molar-refractivity contribution in [3.05, 3.63) is 60.2 Å². The topological polar surface area (TPSA) is 35.6 Å². The first kappa shape index (κ1) is 23.5. The standard InChI is InChI=1S/C23H29N3O.2ClH/c1-18-16-20(12-13-24-18)23(27)26-15-7-14-25(17-19-8-3-2-4-9-19)21-10-5-6-11-22(21)26;;/h2-6,8-11,18,20,24H,7,12-17H2,1H3;2*1H/t18-,20-;;/m0../s1. The van der Waals surface area contributed by atoms with Crippen molar-refractivity contribution in [2.75, 3.05) is 29.4 Å². The van der Waals surface area contributed by atoms with Gasteiger partial charge in [0.1, 0.15) is 0 Å². The largest absolute Gasteiger partial charge is 0.365 e. The van der Waals surface area contributed by atoms with Gasteiger partial charge in [-0.1, -0.05) is 42.5 Å². The van der Waals surface area contributed by atoms with E-state index in [-0.39, 0.29) is 30.7 Å². The summed E-state index contributed by atoms with van der Waals surface area (Å²) in [5, 5.41) is 3.46. The molecule has 0 aliphatic carbocycles. The van der Waals surface area contributed by atoms with Crippen LogP contribution >= 0.6 is 24.8 Å². The van der Waals surface area contributed by atoms with Crippen molar-refractivity contribution >= 4 is 42.1 Å². The summed E-state index contributed by atoms with van der Waals surface area (Å²) < 4.78 is 0. The predicted molar refractivity (Wildman–Crippen MR) is 126 cm³/mol. The Kier molecular flexibility index (Phi) is 8.81. The lowest BCUT2D eigenvalue weighted by atomic mass is 9.91. The second-order valence-corrected chi connectivity index (χ2v) is 7.82. The van der Waals surface area contributed by atoms with E-state index >= 15 is 0 Å². The minimum atomic E-state index is 0. The van der Waals surface area contributed by atoms with Gasteiger partial charge in [-0.15, -0.1) is 24.8 Å². The number of rotatable bonds is 3. The zero-order valence-electron chi connectivity index (χ0n) is 16.9. The monoisotopic (exact) mass is 435 g/mol. The molecular weight excluding hydrogens is 405 g/mol. The molecule has 6 heteroatoms. The van der Waals surface area contributed by atoms with E-state index in [1.54, 1.807) is 0 Å². The number of anilines is 2. The third kappa shape index (κ3) is 5.44. The molecule has 4 rings (SSSR count). The number of piperidine rings is 1. The van der Waals surface area contributed by atoms with Gasteiger partial charge in [0, 0.05) is 31.6 Å². The van der Waals surface area contributed by atoms with Gasteiger partial charge in [-0.3, -0.25) is 4.79 Å². The minimum absolute atomic E-state index is 0. The molecule has 1 fully saturated rings. The Labute approximate surface area is 186 Å². The van der Waals surface area contributed by atoms with E-state index < -0.39 is 0 Å². The third-order valence-electron chi connectivity index (χ3n) is 5.78. The van der Waals surface area contributed by atoms with Gasteiger partial charge >= 0.3 is 0 Å². The Bertz CT molecular complexity index is 787. The molecule has 29 heavy (non-hydrogen) atoms. The number of nitrogens with one attached hydrogen (secondary N) is 1. The molecule has 0 bridgehead atoms. The van der Waals surface area contributed by atoms with Crippen LogP contribution in [0.15, 0.2) is 54.6 Å². The molecule has 0 radical (unpaired) electrons. The maximum atomic E-state index is 13.4. The number of fused-ring (bicyclic) bond motifs is 1. The van der Waals surface area contributed by atoms with Crippen LogP contribution in [0.3, 0.4) is 0 Å². The van der Waals surface area contributed by atoms with Crippen LogP contribution in [-0.2, 0) is 11.3 Å². The summed E-state index contributed by atoms with van der Waals surface area (Å²) in [6.07, 6.45) is 2.87. The highest BCUT2D eigenvalue weighted by molar-refractivity contribution is 5.98. The number of hydrogen-bond donors (Lipinski definition) is 1. The molecule has 158 valence electrons. The zero-order valence-corrected chi connectivity index (χ0v) is 18.6. The van der Waals surface area contributed by atoms with E-state index in [1.165, 1.54) is 11.3 Å². The van der Waals surface area contributed by atoms with Crippen molar-refractivity contribution in [2.45, 2.75) is 38.8 Å². The molecule has 4 nitrogen and oxygen atoms in total. The van der Waals surface area contributed by atoms with Gasteiger partial charge in [0.2, 0.25) is 5.91 Å². The number of hydrogen-bond acceptors (Lipinski definition) is 3. The first-order chi connectivity index (χ1) is 13.2. The molecule has 2 aliphatic rings. The summed E-state index contributed by atoms with van der Waals surface area (Å²) in [4.78, 5) is 17.8. The first-order valence-electron chi connectivity index (χ1n) is 10.1. The molecule has 0 spiro atoms. The molecule has 1 saturated heterocycles. The van der Waals surface area contributed by atoms with Crippen LogP contribution in [0.4, 0.5) is 11.4 Å². The van der Waals surface area contributed by atoms with E-state index in [0.29, 0.717) is 11.9 Å². The zero-order chi connectivity index (χ0) is 18.6. The van der Waals surface area contributed by atoms with E-state index in [9.17, 15) is 4.79 Å². The molecule has 1 N–H and O–H groups in total. The molecule has 2 aromatic carbocycles. The van der Waals surface area contributed by atoms with Gasteiger partial charge < -0.3 is 15.1 Å². The summed E-state index contributed by atoms with van der Waals surface area (Å²) in [6.45, 7) is 5.77. The molecular formula is C23H31Cl2N3O. The van der Waals surface area contributed by atoms with Crippen molar-refractivity contribution in [3.63, 3.8) is 0 Å². The Morgan fingerprint density at radius 3 is 2.41 bits per heavy atom. The van der Waals surface area contributed by atoms with Crippen molar-refractivity contribution in [1.29, 1.82) is 0 Å². The fourth-order valence-electron chi connectivity index (χ4n) is 4.39. The summed E-state index contributed by atoms with van der Waals surface area (Å²) in [7, 11) is 0. The number of halogens is 2. The average Bonchev–Trinajstić information content (AvgIpc) is 2.88. The van der Waals surface area contributed by atoms with Gasteiger partial charge in [-0.05, 0) is 50.4 Å². The molecule has 2 aliphatic heterocycles. The Hall–Kier alpha value is -1.75. The van der Waals surface area contributed by atoms with Crippen molar-refractivity contribution in [1.82, 2.24) is 5.32 Å². The van der Waals surface area contributed by atoms with Gasteiger partial charge in [0.05, 0.1) is 11.4 Å². The first-order valence-corrected chi connectivity index (χ1v) is 10.1. The predicted octanol–water partition coefficient (Wildman–Crippen LogP) is 4.66. The van der Waals surface area contributed by atoms with E-state index in [1.807, 2.05) is 0 Å². The number of nitrogens with zero attached hydrogens (tertiary/aromatic N) is 2. The molecule has 0 saturated carbocycles. The molecule has 0 aromatic heterocycles. The second kappa shape index (κ2) is 10.9. The van der Waals surface area contributed by atoms with Crippen LogP contribution in [0.2, 0.25) is 0 Å². The van der Waals surface area contributed by atoms with Gasteiger partial charge in [-0.2, -0.15) is 0 Å². The van der Waals surface area contributed by atoms with Crippen molar-refractivity contribution < 1.29 is 4.79 Å². The normalized spacial score (nSPS) is 21.3. The minimum Gasteiger partial charge on any atom is -0.365 e. The van der Waals surface area contributed by atoms with Crippen LogP contribution in [0.25, 0.3) is 0 Å². The number of carbonyl (C=O) groups excluding carboxylic acids is 1. The molecule has 1 amide bonds. The highest BCUT2D eigenvalue weighted by Gasteiger charge is 2.32. The van der Waals surface area contributed by atoms with Crippen LogP contribution in [-0.4, -0.2) is 31.6 Å². The Morgan fingerprint density at radius 2 is 1.69 bits per heavy atom. The van der Waals surface area contributed by atoms with E-state index in [4.69, 9.17) is 0 Å². The number of carbonyl (C=O) groups is 1. The third-order valence-corrected chi connectivity index (χ3v) is 5.78. The van der Waals surface area contributed by atoms with Crippen LogP contribution in [0.5, 0.6) is 0 Å².